The van der Waals surface area contributed by atoms with Gasteiger partial charge in [0.25, 0.3) is 5.91 Å². The van der Waals surface area contributed by atoms with Crippen molar-refractivity contribution < 1.29 is 22.4 Å². The highest BCUT2D eigenvalue weighted by Crippen LogP contribution is 2.49. The number of nitrogens with one attached hydrogen (secondary N) is 1. The molecule has 2 fully saturated rings. The third-order valence-corrected chi connectivity index (χ3v) is 8.26. The van der Waals surface area contributed by atoms with E-state index in [1.807, 2.05) is 24.3 Å². The Morgan fingerprint density at radius 2 is 1.83 bits per heavy atom. The molecule has 1 saturated heterocycles. The Morgan fingerprint density at radius 1 is 1.20 bits per heavy atom. The molecule has 1 aliphatic heterocycles. The summed E-state index contributed by atoms with van der Waals surface area (Å²) in [5.74, 6) is -1.02. The fourth-order valence-corrected chi connectivity index (χ4v) is 5.97. The highest BCUT2D eigenvalue weighted by atomic mass is 35.5. The van der Waals surface area contributed by atoms with E-state index >= 15 is 4.39 Å². The molecule has 0 radical (unpaired) electrons. The van der Waals surface area contributed by atoms with Crippen molar-refractivity contribution in [2.45, 2.75) is 70.5 Å². The molecule has 1 aliphatic carbocycles. The molecule has 1 N–H and O–H groups in total. The topological polar surface area (TPSA) is 83.6 Å². The summed E-state index contributed by atoms with van der Waals surface area (Å²) in [6.45, 7) is 6.32. The molecule has 1 aromatic carbocycles. The Hall–Kier alpha value is -1.93. The second kappa shape index (κ2) is 10.6. The molecule has 2 amide bonds. The summed E-state index contributed by atoms with van der Waals surface area (Å²) in [5.41, 5.74) is -1.02. The minimum absolute atomic E-state index is 0.00247. The van der Waals surface area contributed by atoms with Crippen LogP contribution in [-0.4, -0.2) is 56.2 Å². The number of piperidine rings is 1. The van der Waals surface area contributed by atoms with E-state index in [2.05, 4.69) is 19.2 Å². The van der Waals surface area contributed by atoms with Gasteiger partial charge in [0, 0.05) is 54.6 Å². The normalized spacial score (nSPS) is 25.3. The molecular formula is C26H36ClFN2O4S. The number of carbonyl (C=O) groups excluding carboxylic acids is 2. The van der Waals surface area contributed by atoms with Gasteiger partial charge in [-0.3, -0.25) is 9.59 Å². The zero-order valence-electron chi connectivity index (χ0n) is 20.9. The average Bonchev–Trinajstić information content (AvgIpc) is 2.77. The number of likely N-dealkylation sites (tertiary alicyclic amines) is 1. The van der Waals surface area contributed by atoms with Gasteiger partial charge in [-0.25, -0.2) is 12.8 Å². The van der Waals surface area contributed by atoms with Gasteiger partial charge in [0.05, 0.1) is 0 Å². The predicted molar refractivity (Wildman–Crippen MR) is 137 cm³/mol. The van der Waals surface area contributed by atoms with Crippen molar-refractivity contribution in [1.29, 1.82) is 0 Å². The Balaban J connectivity index is 1.67. The smallest absolute Gasteiger partial charge is 0.258 e. The quantitative estimate of drug-likeness (QED) is 0.585. The molecule has 35 heavy (non-hydrogen) atoms. The number of sulfone groups is 1. The number of hydrogen-bond acceptors (Lipinski definition) is 4. The molecule has 1 aromatic rings. The van der Waals surface area contributed by atoms with E-state index in [1.165, 1.54) is 6.08 Å². The van der Waals surface area contributed by atoms with E-state index in [0.717, 1.165) is 36.5 Å². The molecule has 1 saturated carbocycles. The van der Waals surface area contributed by atoms with E-state index in [9.17, 15) is 18.0 Å². The third kappa shape index (κ3) is 7.06. The van der Waals surface area contributed by atoms with Crippen LogP contribution in [0.1, 0.15) is 64.4 Å². The zero-order valence-corrected chi connectivity index (χ0v) is 22.5. The van der Waals surface area contributed by atoms with Crippen molar-refractivity contribution in [3.63, 3.8) is 0 Å². The lowest BCUT2D eigenvalue weighted by Crippen LogP contribution is -2.54. The van der Waals surface area contributed by atoms with Gasteiger partial charge in [0.2, 0.25) is 5.91 Å². The van der Waals surface area contributed by atoms with Crippen molar-refractivity contribution in [3.8, 4) is 0 Å². The van der Waals surface area contributed by atoms with Gasteiger partial charge in [-0.1, -0.05) is 49.7 Å². The first kappa shape index (κ1) is 27.7. The maximum atomic E-state index is 15.5. The molecule has 0 bridgehead atoms. The van der Waals surface area contributed by atoms with Crippen molar-refractivity contribution in [2.75, 3.05) is 19.3 Å². The highest BCUT2D eigenvalue weighted by Gasteiger charge is 2.46. The number of halogens is 2. The van der Waals surface area contributed by atoms with Crippen LogP contribution in [0.2, 0.25) is 5.02 Å². The first-order chi connectivity index (χ1) is 16.2. The van der Waals surface area contributed by atoms with Crippen LogP contribution in [0.25, 0.3) is 0 Å². The van der Waals surface area contributed by atoms with Crippen LogP contribution in [0.4, 0.5) is 4.39 Å². The molecule has 0 unspecified atom stereocenters. The largest absolute Gasteiger partial charge is 0.347 e. The maximum absolute atomic E-state index is 15.5. The Labute approximate surface area is 213 Å². The van der Waals surface area contributed by atoms with Crippen molar-refractivity contribution >= 4 is 33.3 Å². The summed E-state index contributed by atoms with van der Waals surface area (Å²) in [7, 11) is -3.34. The number of nitrogens with zero attached hydrogens (tertiary/aromatic N) is 1. The fourth-order valence-electron chi connectivity index (χ4n) is 5.17. The van der Waals surface area contributed by atoms with Gasteiger partial charge in [0.15, 0.2) is 15.5 Å². The van der Waals surface area contributed by atoms with E-state index in [1.54, 1.807) is 11.8 Å². The first-order valence-electron chi connectivity index (χ1n) is 12.1. The van der Waals surface area contributed by atoms with Crippen LogP contribution < -0.4 is 5.32 Å². The average molecular weight is 527 g/mol. The summed E-state index contributed by atoms with van der Waals surface area (Å²) in [6, 6.07) is 7.02. The SMILES string of the molecule is C[C@H](/C=C\S(C)(=O)=O)NC(=O)C1(F)CCN(C(=O)[C@H]2CCC(C)(C)C[C@@H]2c2ccccc2Cl)CC1. The van der Waals surface area contributed by atoms with Gasteiger partial charge in [0.1, 0.15) is 0 Å². The van der Waals surface area contributed by atoms with Crippen LogP contribution in [-0.2, 0) is 19.4 Å². The lowest BCUT2D eigenvalue weighted by Gasteiger charge is -2.44. The molecule has 194 valence electrons. The van der Waals surface area contributed by atoms with E-state index < -0.39 is 27.5 Å². The van der Waals surface area contributed by atoms with Crippen LogP contribution in [0.15, 0.2) is 35.7 Å². The Bertz CT molecular complexity index is 1080. The summed E-state index contributed by atoms with van der Waals surface area (Å²) < 4.78 is 38.0. The molecular weight excluding hydrogens is 491 g/mol. The molecule has 6 nitrogen and oxygen atoms in total. The fraction of sp³-hybridized carbons (Fsp3) is 0.615. The van der Waals surface area contributed by atoms with E-state index in [-0.39, 0.29) is 49.1 Å². The Morgan fingerprint density at radius 3 is 2.43 bits per heavy atom. The van der Waals surface area contributed by atoms with Crippen molar-refractivity contribution in [3.05, 3.63) is 46.3 Å². The van der Waals surface area contributed by atoms with E-state index in [0.29, 0.717) is 5.02 Å². The number of benzene rings is 1. The molecule has 3 rings (SSSR count). The maximum Gasteiger partial charge on any atom is 0.258 e. The summed E-state index contributed by atoms with van der Waals surface area (Å²) in [4.78, 5) is 27.9. The third-order valence-electron chi connectivity index (χ3n) is 7.26. The van der Waals surface area contributed by atoms with Gasteiger partial charge in [-0.15, -0.1) is 0 Å². The van der Waals surface area contributed by atoms with Gasteiger partial charge >= 0.3 is 0 Å². The van der Waals surface area contributed by atoms with Gasteiger partial charge in [-0.2, -0.15) is 0 Å². The molecule has 0 spiro atoms. The molecule has 3 atom stereocenters. The molecule has 9 heteroatoms. The van der Waals surface area contributed by atoms with Crippen LogP contribution in [0.5, 0.6) is 0 Å². The molecule has 2 aliphatic rings. The number of carbonyl (C=O) groups is 2. The summed E-state index contributed by atoms with van der Waals surface area (Å²) in [6.07, 6.45) is 4.68. The standard InChI is InChI=1S/C26H36ClFN2O4S/c1-18(10-16-35(4,33)34)29-24(32)26(28)12-14-30(15-13-26)23(31)20-9-11-25(2,3)17-21(20)19-7-5-6-8-22(19)27/h5-8,10,16,18,20-21H,9,11-15,17H2,1-4H3,(H,29,32)/b16-10-/t18-,20+,21-/m1/s1. The number of amides is 2. The van der Waals surface area contributed by atoms with Crippen LogP contribution in [0.3, 0.4) is 0 Å². The van der Waals surface area contributed by atoms with E-state index in [4.69, 9.17) is 11.6 Å². The van der Waals surface area contributed by atoms with Crippen LogP contribution in [0, 0.1) is 11.3 Å². The monoisotopic (exact) mass is 526 g/mol. The number of hydrogen-bond donors (Lipinski definition) is 1. The molecule has 0 aromatic heterocycles. The van der Waals surface area contributed by atoms with Gasteiger partial charge in [-0.05, 0) is 49.1 Å². The summed E-state index contributed by atoms with van der Waals surface area (Å²) >= 11 is 6.51. The number of rotatable bonds is 6. The summed E-state index contributed by atoms with van der Waals surface area (Å²) in [5, 5.41) is 4.18. The first-order valence-corrected chi connectivity index (χ1v) is 14.5. The second-order valence-corrected chi connectivity index (χ2v) is 13.2. The van der Waals surface area contributed by atoms with Crippen LogP contribution >= 0.6 is 11.6 Å². The minimum atomic E-state index is -3.34. The lowest BCUT2D eigenvalue weighted by atomic mass is 9.64. The number of alkyl halides is 1. The van der Waals surface area contributed by atoms with Crippen molar-refractivity contribution in [1.82, 2.24) is 10.2 Å². The predicted octanol–water partition coefficient (Wildman–Crippen LogP) is 4.64. The minimum Gasteiger partial charge on any atom is -0.347 e. The second-order valence-electron chi connectivity index (χ2n) is 10.9. The zero-order chi connectivity index (χ0) is 26.0. The van der Waals surface area contributed by atoms with Crippen molar-refractivity contribution in [2.24, 2.45) is 11.3 Å². The van der Waals surface area contributed by atoms with Gasteiger partial charge < -0.3 is 10.2 Å². The molecule has 1 heterocycles. The Kier molecular flexibility index (Phi) is 8.37. The highest BCUT2D eigenvalue weighted by molar-refractivity contribution is 7.93. The lowest BCUT2D eigenvalue weighted by molar-refractivity contribution is -0.146.